The Kier molecular flexibility index (Phi) is 13.2. The molecule has 3 aromatic heterocycles. The number of imide groups is 1. The van der Waals surface area contributed by atoms with Gasteiger partial charge in [0.1, 0.15) is 17.5 Å². The van der Waals surface area contributed by atoms with Crippen molar-refractivity contribution in [2.45, 2.75) is 90.3 Å². The molecule has 1 saturated carbocycles. The Morgan fingerprint density at radius 2 is 1.49 bits per heavy atom. The molecule has 4 aromatic rings. The molecule has 0 bridgehead atoms. The number of benzene rings is 1. The van der Waals surface area contributed by atoms with E-state index < -0.39 is 11.9 Å². The normalized spacial score (nSPS) is 21.7. The van der Waals surface area contributed by atoms with Crippen LogP contribution in [0.3, 0.4) is 0 Å². The van der Waals surface area contributed by atoms with Crippen LogP contribution >= 0.6 is 11.6 Å². The molecule has 67 heavy (non-hydrogen) atoms. The number of nitrogens with zero attached hydrogens (tertiary/aromatic N) is 10. The van der Waals surface area contributed by atoms with E-state index in [9.17, 15) is 24.0 Å². The number of carbonyl (C=O) groups excluding carboxylic acids is 4. The average Bonchev–Trinajstić information content (AvgIpc) is 3.98. The predicted molar refractivity (Wildman–Crippen MR) is 257 cm³/mol. The molecule has 4 saturated heterocycles. The topological polar surface area (TPSA) is 160 Å². The number of aromatic nitrogens is 4. The lowest BCUT2D eigenvalue weighted by atomic mass is 9.96. The van der Waals surface area contributed by atoms with Crippen molar-refractivity contribution in [3.8, 4) is 0 Å². The van der Waals surface area contributed by atoms with Gasteiger partial charge in [0.15, 0.2) is 5.78 Å². The minimum Gasteiger partial charge on any atom is -0.368 e. The van der Waals surface area contributed by atoms with Gasteiger partial charge in [-0.1, -0.05) is 24.4 Å². The Hall–Kier alpha value is -5.29. The fraction of sp³-hybridized carbons (Fsp3) is 0.560. The summed E-state index contributed by atoms with van der Waals surface area (Å²) in [6.07, 6.45) is 11.2. The molecule has 8 heterocycles. The van der Waals surface area contributed by atoms with Gasteiger partial charge in [0.25, 0.3) is 11.5 Å². The first-order chi connectivity index (χ1) is 32.5. The van der Waals surface area contributed by atoms with Crippen LogP contribution in [0.2, 0.25) is 5.02 Å². The Labute approximate surface area is 396 Å². The molecular weight excluding hydrogens is 870 g/mol. The van der Waals surface area contributed by atoms with Crippen LogP contribution in [0.25, 0.3) is 11.0 Å². The highest BCUT2D eigenvalue weighted by Crippen LogP contribution is 2.39. The van der Waals surface area contributed by atoms with Gasteiger partial charge < -0.3 is 19.6 Å². The quantitative estimate of drug-likeness (QED) is 0.157. The Morgan fingerprint density at radius 3 is 2.18 bits per heavy atom. The fourth-order valence-corrected chi connectivity index (χ4v) is 11.9. The number of aryl methyl sites for hydroxylation is 1. The number of nitrogens with one attached hydrogen (secondary N) is 1. The molecular formula is C50H62ClN11O5. The molecule has 3 amide bonds. The van der Waals surface area contributed by atoms with Crippen molar-refractivity contribution in [2.75, 3.05) is 94.9 Å². The van der Waals surface area contributed by atoms with Crippen LogP contribution in [0.4, 0.5) is 11.4 Å². The zero-order valence-corrected chi connectivity index (χ0v) is 39.6. The number of hydrogen-bond donors (Lipinski definition) is 1. The maximum atomic E-state index is 13.6. The molecule has 16 nitrogen and oxygen atoms in total. The molecule has 1 N–H and O–H groups in total. The third kappa shape index (κ3) is 9.34. The number of hydrogen-bond acceptors (Lipinski definition) is 13. The summed E-state index contributed by atoms with van der Waals surface area (Å²) < 4.78 is 1.77. The maximum absolute atomic E-state index is 13.6. The molecule has 1 unspecified atom stereocenters. The van der Waals surface area contributed by atoms with Crippen LogP contribution in [0.15, 0.2) is 41.5 Å². The van der Waals surface area contributed by atoms with Gasteiger partial charge in [-0.3, -0.25) is 48.6 Å². The minimum absolute atomic E-state index is 0.0481. The number of anilines is 2. The summed E-state index contributed by atoms with van der Waals surface area (Å²) in [6.45, 7) is 16.8. The van der Waals surface area contributed by atoms with Crippen molar-refractivity contribution in [3.05, 3.63) is 85.8 Å². The number of likely N-dealkylation sites (tertiary alicyclic amines) is 1. The molecule has 5 aliphatic heterocycles. The second-order valence-electron chi connectivity index (χ2n) is 19.6. The molecule has 1 aliphatic carbocycles. The van der Waals surface area contributed by atoms with E-state index in [1.165, 1.54) is 19.8 Å². The first-order valence-electron chi connectivity index (χ1n) is 24.5. The van der Waals surface area contributed by atoms with E-state index in [4.69, 9.17) is 21.6 Å². The third-order valence-corrected chi connectivity index (χ3v) is 15.9. The second kappa shape index (κ2) is 19.4. The van der Waals surface area contributed by atoms with Gasteiger partial charge in [0, 0.05) is 119 Å². The van der Waals surface area contributed by atoms with Gasteiger partial charge in [-0.15, -0.1) is 0 Å². The van der Waals surface area contributed by atoms with Gasteiger partial charge in [0.2, 0.25) is 11.8 Å². The molecule has 1 atom stereocenters. The first-order valence-corrected chi connectivity index (χ1v) is 24.9. The lowest BCUT2D eigenvalue weighted by Crippen LogP contribution is -2.52. The number of piperidine rings is 2. The van der Waals surface area contributed by atoms with Crippen LogP contribution in [0.5, 0.6) is 0 Å². The highest BCUT2D eigenvalue weighted by molar-refractivity contribution is 6.35. The van der Waals surface area contributed by atoms with Gasteiger partial charge in [-0.2, -0.15) is 0 Å². The van der Waals surface area contributed by atoms with Crippen molar-refractivity contribution >= 4 is 57.5 Å². The Morgan fingerprint density at radius 1 is 0.791 bits per heavy atom. The minimum atomic E-state index is -0.653. The monoisotopic (exact) mass is 931 g/mol. The van der Waals surface area contributed by atoms with Crippen LogP contribution in [0, 0.1) is 12.8 Å². The summed E-state index contributed by atoms with van der Waals surface area (Å²) in [4.78, 5) is 92.2. The number of amides is 3. The zero-order valence-electron chi connectivity index (χ0n) is 38.9. The second-order valence-corrected chi connectivity index (χ2v) is 20.0. The molecule has 10 rings (SSSR count). The molecule has 1 aromatic carbocycles. The highest BCUT2D eigenvalue weighted by atomic mass is 35.5. The number of fused-ring (bicyclic) bond motifs is 2. The van der Waals surface area contributed by atoms with E-state index in [-0.39, 0.29) is 47.7 Å². The number of ketones is 1. The van der Waals surface area contributed by atoms with Crippen LogP contribution in [0.1, 0.15) is 108 Å². The third-order valence-electron chi connectivity index (χ3n) is 15.5. The first kappa shape index (κ1) is 45.5. The smallest absolute Gasteiger partial charge is 0.263 e. The number of pyridine rings is 2. The maximum Gasteiger partial charge on any atom is 0.263 e. The Balaban J connectivity index is 0.647. The summed E-state index contributed by atoms with van der Waals surface area (Å²) in [5.41, 5.74) is 5.55. The van der Waals surface area contributed by atoms with Crippen molar-refractivity contribution in [3.63, 3.8) is 0 Å². The number of piperazine rings is 2. The van der Waals surface area contributed by atoms with Crippen LogP contribution in [-0.4, -0.2) is 154 Å². The summed E-state index contributed by atoms with van der Waals surface area (Å²) in [6, 6.07) is 7.40. The molecule has 6 aliphatic rings. The summed E-state index contributed by atoms with van der Waals surface area (Å²) in [5.74, 6) is 0.192. The van der Waals surface area contributed by atoms with Gasteiger partial charge in [-0.25, -0.2) is 9.97 Å². The lowest BCUT2D eigenvalue weighted by molar-refractivity contribution is -0.136. The zero-order chi connectivity index (χ0) is 46.3. The molecule has 0 radical (unpaired) electrons. The van der Waals surface area contributed by atoms with Crippen LogP contribution < -0.4 is 20.7 Å². The SMILES string of the molecule is CC(=O)c1c(C)c2cnc(Cc3ccc(N4CCN(CCN5CCC(CN6CCN(c7ccc8c(c7Cl)CN(C7CCC(=O)NC7=O)C8=O)CC6)CC5)CC4)cn3)nc2n(C2CCCC2)c1=O. The van der Waals surface area contributed by atoms with E-state index in [0.29, 0.717) is 46.4 Å². The Bertz CT molecular complexity index is 2610. The van der Waals surface area contributed by atoms with E-state index in [1.54, 1.807) is 15.7 Å². The van der Waals surface area contributed by atoms with Gasteiger partial charge in [0.05, 0.1) is 34.6 Å². The standard InChI is InChI=1S/C50H62ClN11O5/c1-32-39-29-53-43(54-47(39)62(36-5-3-4-6-36)50(67)45(32)33(2)63)27-35-7-8-37(28-52-35)59-23-19-57(20-24-59)18-17-56-15-13-34(14-16-56)30-58-21-25-60(26-22-58)41-10-9-38-40(46(41)51)31-61(49(38)66)42-11-12-44(64)55-48(42)65/h7-10,28-29,34,36,42H,3-6,11-27,30-31H2,1-2H3,(H,55,64,65). The number of Topliss-reactive ketones (excluding diaryl/α,β-unsaturated/α-hetero) is 1. The number of halogens is 1. The highest BCUT2D eigenvalue weighted by Gasteiger charge is 2.41. The van der Waals surface area contributed by atoms with Gasteiger partial charge >= 0.3 is 0 Å². The van der Waals surface area contributed by atoms with Crippen molar-refractivity contribution in [1.29, 1.82) is 0 Å². The molecule has 17 heteroatoms. The van der Waals surface area contributed by atoms with Crippen molar-refractivity contribution < 1.29 is 19.2 Å². The largest absolute Gasteiger partial charge is 0.368 e. The van der Waals surface area contributed by atoms with Crippen LogP contribution in [-0.2, 0) is 22.6 Å². The summed E-state index contributed by atoms with van der Waals surface area (Å²) >= 11 is 6.98. The van der Waals surface area contributed by atoms with E-state index in [1.807, 2.05) is 25.3 Å². The lowest BCUT2D eigenvalue weighted by Gasteiger charge is -2.40. The van der Waals surface area contributed by atoms with E-state index in [2.05, 4.69) is 46.9 Å². The molecule has 0 spiro atoms. The summed E-state index contributed by atoms with van der Waals surface area (Å²) in [7, 11) is 0. The van der Waals surface area contributed by atoms with Crippen molar-refractivity contribution in [2.24, 2.45) is 5.92 Å². The van der Waals surface area contributed by atoms with E-state index >= 15 is 0 Å². The van der Waals surface area contributed by atoms with Crippen molar-refractivity contribution in [1.82, 2.24) is 44.4 Å². The molecule has 354 valence electrons. The van der Waals surface area contributed by atoms with E-state index in [0.717, 1.165) is 139 Å². The molecule has 5 fully saturated rings. The number of carbonyl (C=O) groups is 4. The fourth-order valence-electron chi connectivity index (χ4n) is 11.5. The number of rotatable bonds is 12. The van der Waals surface area contributed by atoms with Gasteiger partial charge in [-0.05, 0) is 94.8 Å². The summed E-state index contributed by atoms with van der Waals surface area (Å²) in [5, 5.41) is 3.72. The average molecular weight is 933 g/mol. The predicted octanol–water partition coefficient (Wildman–Crippen LogP) is 4.47.